The number of carbonyl (C=O) groups is 2. The van der Waals surface area contributed by atoms with Gasteiger partial charge in [0.05, 0.1) is 6.61 Å². The number of hydrogen-bond donors (Lipinski definition) is 2. The first-order chi connectivity index (χ1) is 5.66. The summed E-state index contributed by atoms with van der Waals surface area (Å²) in [6, 6.07) is 0. The summed E-state index contributed by atoms with van der Waals surface area (Å²) in [5.41, 5.74) is 5.00. The van der Waals surface area contributed by atoms with Crippen LogP contribution in [-0.4, -0.2) is 41.5 Å². The third-order valence-corrected chi connectivity index (χ3v) is 2.01. The van der Waals surface area contributed by atoms with Crippen molar-refractivity contribution in [2.45, 2.75) is 6.42 Å². The molecule has 12 heavy (non-hydrogen) atoms. The van der Waals surface area contributed by atoms with E-state index in [4.69, 9.17) is 10.8 Å². The highest BCUT2D eigenvalue weighted by Gasteiger charge is 2.34. The molecule has 5 nitrogen and oxygen atoms in total. The van der Waals surface area contributed by atoms with Gasteiger partial charge in [0, 0.05) is 13.1 Å². The van der Waals surface area contributed by atoms with Crippen LogP contribution in [-0.2, 0) is 9.59 Å². The lowest BCUT2D eigenvalue weighted by atomic mass is 10.1. The van der Waals surface area contributed by atoms with Crippen molar-refractivity contribution in [2.75, 3.05) is 19.7 Å². The number of nitrogens with zero attached hydrogens (tertiary/aromatic N) is 1. The van der Waals surface area contributed by atoms with Crippen LogP contribution in [0.15, 0.2) is 0 Å². The molecule has 3 N–H and O–H groups in total. The Balaban J connectivity index is 2.55. The number of carbonyl (C=O) groups excluding carboxylic acids is 2. The Hall–Kier alpha value is -1.10. The van der Waals surface area contributed by atoms with E-state index in [1.165, 1.54) is 4.90 Å². The maximum atomic E-state index is 11.3. The molecule has 0 aromatic rings. The van der Waals surface area contributed by atoms with Crippen molar-refractivity contribution in [3.8, 4) is 0 Å². The highest BCUT2D eigenvalue weighted by Crippen LogP contribution is 2.16. The number of rotatable bonds is 3. The smallest absolute Gasteiger partial charge is 0.235 e. The van der Waals surface area contributed by atoms with Crippen LogP contribution in [0.4, 0.5) is 0 Å². The lowest BCUT2D eigenvalue weighted by Crippen LogP contribution is -2.34. The molecule has 1 heterocycles. The van der Waals surface area contributed by atoms with Crippen LogP contribution in [0.2, 0.25) is 0 Å². The summed E-state index contributed by atoms with van der Waals surface area (Å²) in [6.45, 7) is 0.743. The van der Waals surface area contributed by atoms with Gasteiger partial charge in [-0.05, 0) is 6.42 Å². The van der Waals surface area contributed by atoms with Crippen molar-refractivity contribution in [2.24, 2.45) is 11.7 Å². The highest BCUT2D eigenvalue weighted by molar-refractivity contribution is 6.00. The van der Waals surface area contributed by atoms with Gasteiger partial charge in [0.25, 0.3) is 0 Å². The van der Waals surface area contributed by atoms with E-state index in [0.29, 0.717) is 19.5 Å². The van der Waals surface area contributed by atoms with Crippen molar-refractivity contribution < 1.29 is 14.7 Å². The minimum absolute atomic E-state index is 0.0722. The monoisotopic (exact) mass is 172 g/mol. The summed E-state index contributed by atoms with van der Waals surface area (Å²) in [6.07, 6.45) is 0.480. The molecule has 68 valence electrons. The largest absolute Gasteiger partial charge is 0.395 e. The van der Waals surface area contributed by atoms with Crippen molar-refractivity contribution >= 4 is 11.8 Å². The molecule has 0 unspecified atom stereocenters. The average molecular weight is 172 g/mol. The fourth-order valence-corrected chi connectivity index (χ4v) is 1.35. The van der Waals surface area contributed by atoms with Crippen LogP contribution in [0.1, 0.15) is 6.42 Å². The predicted octanol–water partition coefficient (Wildman–Crippen LogP) is -1.69. The third-order valence-electron chi connectivity index (χ3n) is 2.01. The van der Waals surface area contributed by atoms with Gasteiger partial charge in [-0.3, -0.25) is 9.59 Å². The standard InChI is InChI=1S/C7H12N2O3/c8-6(11)5-1-2-9(3-4-10)7(5)12/h5,10H,1-4H2,(H2,8,11)/t5-/m0/s1. The Morgan fingerprint density at radius 2 is 2.42 bits per heavy atom. The predicted molar refractivity (Wildman–Crippen MR) is 41.0 cm³/mol. The van der Waals surface area contributed by atoms with E-state index in [2.05, 4.69) is 0 Å². The number of nitrogens with two attached hydrogens (primary N) is 1. The quantitative estimate of drug-likeness (QED) is 0.498. The van der Waals surface area contributed by atoms with Crippen LogP contribution in [0.5, 0.6) is 0 Å². The number of primary amides is 1. The van der Waals surface area contributed by atoms with Gasteiger partial charge in [-0.1, -0.05) is 0 Å². The van der Waals surface area contributed by atoms with Gasteiger partial charge in [-0.15, -0.1) is 0 Å². The molecular formula is C7H12N2O3. The third kappa shape index (κ3) is 1.55. The lowest BCUT2D eigenvalue weighted by molar-refractivity contribution is -0.136. The first kappa shape index (κ1) is 8.99. The zero-order chi connectivity index (χ0) is 9.14. The molecule has 0 aliphatic carbocycles. The fraction of sp³-hybridized carbons (Fsp3) is 0.714. The lowest BCUT2D eigenvalue weighted by Gasteiger charge is -2.13. The molecule has 0 spiro atoms. The Labute approximate surface area is 70.1 Å². The molecule has 1 rings (SSSR count). The first-order valence-electron chi connectivity index (χ1n) is 3.85. The second-order valence-corrected chi connectivity index (χ2v) is 2.79. The number of likely N-dealkylation sites (tertiary alicyclic amines) is 1. The molecule has 0 radical (unpaired) electrons. The first-order valence-corrected chi connectivity index (χ1v) is 3.85. The molecule has 0 saturated carbocycles. The van der Waals surface area contributed by atoms with Gasteiger partial charge in [-0.25, -0.2) is 0 Å². The van der Waals surface area contributed by atoms with Gasteiger partial charge in [0.1, 0.15) is 5.92 Å². The Morgan fingerprint density at radius 1 is 1.75 bits per heavy atom. The SMILES string of the molecule is NC(=O)[C@@H]1CCN(CCO)C1=O. The molecule has 0 bridgehead atoms. The zero-order valence-electron chi connectivity index (χ0n) is 6.69. The second-order valence-electron chi connectivity index (χ2n) is 2.79. The topological polar surface area (TPSA) is 83.6 Å². The van der Waals surface area contributed by atoms with Crippen molar-refractivity contribution in [1.82, 2.24) is 4.90 Å². The van der Waals surface area contributed by atoms with E-state index in [1.807, 2.05) is 0 Å². The van der Waals surface area contributed by atoms with E-state index in [9.17, 15) is 9.59 Å². The second kappa shape index (κ2) is 3.53. The Kier molecular flexibility index (Phi) is 2.65. The summed E-state index contributed by atoms with van der Waals surface area (Å²) >= 11 is 0. The van der Waals surface area contributed by atoms with Gasteiger partial charge >= 0.3 is 0 Å². The van der Waals surface area contributed by atoms with Gasteiger partial charge in [0.15, 0.2) is 0 Å². The van der Waals surface area contributed by atoms with Gasteiger partial charge in [-0.2, -0.15) is 0 Å². The highest BCUT2D eigenvalue weighted by atomic mass is 16.3. The number of aliphatic hydroxyl groups excluding tert-OH is 1. The molecule has 0 aromatic heterocycles. The average Bonchev–Trinajstić information content (AvgIpc) is 2.34. The Bertz CT molecular complexity index is 205. The molecule has 1 fully saturated rings. The number of β-amino-alcohol motifs (C(OH)–C–C–N with tert-alkyl or cyclic N) is 1. The fourth-order valence-electron chi connectivity index (χ4n) is 1.35. The van der Waals surface area contributed by atoms with Crippen LogP contribution < -0.4 is 5.73 Å². The normalized spacial score (nSPS) is 23.2. The summed E-state index contributed by atoms with van der Waals surface area (Å²) in [5.74, 6) is -1.49. The van der Waals surface area contributed by atoms with Crippen LogP contribution in [0.3, 0.4) is 0 Å². The van der Waals surface area contributed by atoms with Gasteiger partial charge in [0.2, 0.25) is 11.8 Å². The van der Waals surface area contributed by atoms with Crippen LogP contribution >= 0.6 is 0 Å². The molecule has 2 amide bonds. The Morgan fingerprint density at radius 3 is 2.83 bits per heavy atom. The van der Waals surface area contributed by atoms with Crippen molar-refractivity contribution in [3.63, 3.8) is 0 Å². The number of aliphatic hydroxyl groups is 1. The summed E-state index contributed by atoms with van der Waals surface area (Å²) in [7, 11) is 0. The molecule has 1 aliphatic heterocycles. The number of hydrogen-bond acceptors (Lipinski definition) is 3. The zero-order valence-corrected chi connectivity index (χ0v) is 6.69. The van der Waals surface area contributed by atoms with E-state index < -0.39 is 11.8 Å². The molecule has 1 saturated heterocycles. The van der Waals surface area contributed by atoms with Crippen LogP contribution in [0.25, 0.3) is 0 Å². The maximum absolute atomic E-state index is 11.3. The number of amides is 2. The summed E-state index contributed by atoms with van der Waals surface area (Å²) < 4.78 is 0. The van der Waals surface area contributed by atoms with Crippen LogP contribution in [0, 0.1) is 5.92 Å². The molecule has 0 aromatic carbocycles. The van der Waals surface area contributed by atoms with E-state index >= 15 is 0 Å². The van der Waals surface area contributed by atoms with Crippen molar-refractivity contribution in [1.29, 1.82) is 0 Å². The minimum Gasteiger partial charge on any atom is -0.395 e. The van der Waals surface area contributed by atoms with E-state index in [1.54, 1.807) is 0 Å². The molecule has 1 aliphatic rings. The summed E-state index contributed by atoms with van der Waals surface area (Å²) in [4.78, 5) is 23.4. The molecule has 5 heteroatoms. The van der Waals surface area contributed by atoms with Gasteiger partial charge < -0.3 is 15.7 Å². The van der Waals surface area contributed by atoms with E-state index in [0.717, 1.165) is 0 Å². The molecular weight excluding hydrogens is 160 g/mol. The van der Waals surface area contributed by atoms with Crippen molar-refractivity contribution in [3.05, 3.63) is 0 Å². The molecule has 1 atom stereocenters. The maximum Gasteiger partial charge on any atom is 0.235 e. The summed E-state index contributed by atoms with van der Waals surface area (Å²) in [5, 5.41) is 8.56. The minimum atomic E-state index is -0.670. The van der Waals surface area contributed by atoms with E-state index in [-0.39, 0.29) is 12.5 Å².